The van der Waals surface area contributed by atoms with Crippen LogP contribution in [0.2, 0.25) is 0 Å². The monoisotopic (exact) mass is 317 g/mol. The fourth-order valence-electron chi connectivity index (χ4n) is 3.21. The van der Waals surface area contributed by atoms with E-state index in [1.165, 1.54) is 5.56 Å². The van der Waals surface area contributed by atoms with Crippen molar-refractivity contribution in [1.29, 1.82) is 0 Å². The highest BCUT2D eigenvalue weighted by molar-refractivity contribution is 5.78. The fourth-order valence-corrected chi connectivity index (χ4v) is 3.21. The number of nitrogens with zero attached hydrogens (tertiary/aromatic N) is 3. The van der Waals surface area contributed by atoms with E-state index < -0.39 is 0 Å². The van der Waals surface area contributed by atoms with Crippen molar-refractivity contribution >= 4 is 5.91 Å². The minimum absolute atomic E-state index is 0.256. The first-order valence-electron chi connectivity index (χ1n) is 8.65. The van der Waals surface area contributed by atoms with Crippen molar-refractivity contribution in [3.63, 3.8) is 0 Å². The SMILES string of the molecule is O=C(CN1CCN(CCc2ccccc2)CC1)N1CCOCC1. The van der Waals surface area contributed by atoms with Crippen LogP contribution in [0.1, 0.15) is 5.56 Å². The number of piperazine rings is 1. The quantitative estimate of drug-likeness (QED) is 0.801. The normalized spacial score (nSPS) is 20.6. The highest BCUT2D eigenvalue weighted by Gasteiger charge is 2.22. The minimum Gasteiger partial charge on any atom is -0.378 e. The van der Waals surface area contributed by atoms with Gasteiger partial charge in [-0.15, -0.1) is 0 Å². The summed E-state index contributed by atoms with van der Waals surface area (Å²) in [5, 5.41) is 0. The number of amides is 1. The van der Waals surface area contributed by atoms with Gasteiger partial charge in [-0.1, -0.05) is 30.3 Å². The first-order valence-corrected chi connectivity index (χ1v) is 8.65. The molecule has 0 saturated carbocycles. The Bertz CT molecular complexity index is 480. The summed E-state index contributed by atoms with van der Waals surface area (Å²) in [6.07, 6.45) is 1.10. The molecule has 0 aliphatic carbocycles. The summed E-state index contributed by atoms with van der Waals surface area (Å²) in [7, 11) is 0. The zero-order valence-electron chi connectivity index (χ0n) is 13.8. The lowest BCUT2D eigenvalue weighted by Crippen LogP contribution is -2.51. The van der Waals surface area contributed by atoms with Gasteiger partial charge in [0.25, 0.3) is 0 Å². The maximum atomic E-state index is 12.3. The Hall–Kier alpha value is -1.43. The lowest BCUT2D eigenvalue weighted by molar-refractivity contribution is -0.136. The second-order valence-corrected chi connectivity index (χ2v) is 6.35. The molecule has 2 saturated heterocycles. The van der Waals surface area contributed by atoms with Crippen molar-refractivity contribution in [1.82, 2.24) is 14.7 Å². The molecule has 126 valence electrons. The van der Waals surface area contributed by atoms with E-state index in [1.807, 2.05) is 4.90 Å². The van der Waals surface area contributed by atoms with Crippen LogP contribution < -0.4 is 0 Å². The summed E-state index contributed by atoms with van der Waals surface area (Å²) >= 11 is 0. The third-order valence-electron chi connectivity index (χ3n) is 4.75. The number of ether oxygens (including phenoxy) is 1. The summed E-state index contributed by atoms with van der Waals surface area (Å²) in [6, 6.07) is 10.7. The van der Waals surface area contributed by atoms with Crippen LogP contribution in [0.25, 0.3) is 0 Å². The summed E-state index contributed by atoms with van der Waals surface area (Å²) in [5.41, 5.74) is 1.40. The number of hydrogen-bond donors (Lipinski definition) is 0. The zero-order chi connectivity index (χ0) is 15.9. The largest absolute Gasteiger partial charge is 0.378 e. The third kappa shape index (κ3) is 5.03. The van der Waals surface area contributed by atoms with Crippen molar-refractivity contribution in [2.75, 3.05) is 65.6 Å². The Kier molecular flexibility index (Phi) is 6.02. The highest BCUT2D eigenvalue weighted by atomic mass is 16.5. The van der Waals surface area contributed by atoms with Crippen LogP contribution in [0.5, 0.6) is 0 Å². The van der Waals surface area contributed by atoms with Gasteiger partial charge in [-0.25, -0.2) is 0 Å². The molecule has 0 radical (unpaired) electrons. The van der Waals surface area contributed by atoms with Crippen molar-refractivity contribution < 1.29 is 9.53 Å². The molecule has 0 bridgehead atoms. The zero-order valence-corrected chi connectivity index (χ0v) is 13.8. The van der Waals surface area contributed by atoms with Crippen molar-refractivity contribution in [2.24, 2.45) is 0 Å². The Morgan fingerprint density at radius 2 is 1.57 bits per heavy atom. The maximum Gasteiger partial charge on any atom is 0.236 e. The van der Waals surface area contributed by atoms with Gasteiger partial charge in [0.05, 0.1) is 19.8 Å². The van der Waals surface area contributed by atoms with Gasteiger partial charge in [0.15, 0.2) is 0 Å². The molecule has 5 heteroatoms. The summed E-state index contributed by atoms with van der Waals surface area (Å²) in [6.45, 7) is 8.62. The average molecular weight is 317 g/mol. The Morgan fingerprint density at radius 3 is 2.26 bits per heavy atom. The molecule has 0 atom stereocenters. The van der Waals surface area contributed by atoms with Crippen molar-refractivity contribution in [3.8, 4) is 0 Å². The molecule has 2 fully saturated rings. The van der Waals surface area contributed by atoms with E-state index in [0.717, 1.165) is 52.2 Å². The van der Waals surface area contributed by atoms with Crippen LogP contribution in [0.3, 0.4) is 0 Å². The predicted octanol–water partition coefficient (Wildman–Crippen LogP) is 0.706. The highest BCUT2D eigenvalue weighted by Crippen LogP contribution is 2.07. The lowest BCUT2D eigenvalue weighted by Gasteiger charge is -2.36. The predicted molar refractivity (Wildman–Crippen MR) is 90.4 cm³/mol. The van der Waals surface area contributed by atoms with Gasteiger partial charge < -0.3 is 14.5 Å². The van der Waals surface area contributed by atoms with Crippen LogP contribution in [0.4, 0.5) is 0 Å². The molecule has 23 heavy (non-hydrogen) atoms. The third-order valence-corrected chi connectivity index (χ3v) is 4.75. The van der Waals surface area contributed by atoms with Crippen LogP contribution in [-0.4, -0.2) is 86.2 Å². The van der Waals surface area contributed by atoms with E-state index in [0.29, 0.717) is 19.8 Å². The van der Waals surface area contributed by atoms with E-state index in [4.69, 9.17) is 4.74 Å². The molecule has 1 aromatic rings. The van der Waals surface area contributed by atoms with Crippen LogP contribution in [0.15, 0.2) is 30.3 Å². The summed E-state index contributed by atoms with van der Waals surface area (Å²) in [5.74, 6) is 0.256. The summed E-state index contributed by atoms with van der Waals surface area (Å²) in [4.78, 5) is 19.0. The number of carbonyl (C=O) groups is 1. The van der Waals surface area contributed by atoms with Crippen molar-refractivity contribution in [2.45, 2.75) is 6.42 Å². The molecule has 0 unspecified atom stereocenters. The van der Waals surface area contributed by atoms with Gasteiger partial charge in [-0.05, 0) is 12.0 Å². The topological polar surface area (TPSA) is 36.0 Å². The Labute approximate surface area is 138 Å². The van der Waals surface area contributed by atoms with Gasteiger partial charge in [-0.3, -0.25) is 9.69 Å². The fraction of sp³-hybridized carbons (Fsp3) is 0.611. The number of rotatable bonds is 5. The van der Waals surface area contributed by atoms with Gasteiger partial charge in [-0.2, -0.15) is 0 Å². The number of hydrogen-bond acceptors (Lipinski definition) is 4. The molecule has 1 amide bonds. The molecule has 5 nitrogen and oxygen atoms in total. The maximum absolute atomic E-state index is 12.3. The first kappa shape index (κ1) is 16.4. The van der Waals surface area contributed by atoms with E-state index in [1.54, 1.807) is 0 Å². The molecule has 0 N–H and O–H groups in total. The lowest BCUT2D eigenvalue weighted by atomic mass is 10.1. The second-order valence-electron chi connectivity index (χ2n) is 6.35. The first-order chi connectivity index (χ1) is 11.3. The van der Waals surface area contributed by atoms with Crippen LogP contribution in [-0.2, 0) is 16.0 Å². The smallest absolute Gasteiger partial charge is 0.236 e. The van der Waals surface area contributed by atoms with Crippen LogP contribution >= 0.6 is 0 Å². The number of carbonyl (C=O) groups excluding carboxylic acids is 1. The molecule has 1 aromatic carbocycles. The van der Waals surface area contributed by atoms with E-state index in [9.17, 15) is 4.79 Å². The number of benzene rings is 1. The van der Waals surface area contributed by atoms with E-state index in [2.05, 4.69) is 40.1 Å². The minimum atomic E-state index is 0.256. The van der Waals surface area contributed by atoms with Gasteiger partial charge in [0, 0.05) is 45.8 Å². The molecular formula is C18H27N3O2. The Morgan fingerprint density at radius 1 is 0.913 bits per heavy atom. The molecular weight excluding hydrogens is 290 g/mol. The molecule has 0 spiro atoms. The summed E-state index contributed by atoms with van der Waals surface area (Å²) < 4.78 is 5.30. The molecule has 3 rings (SSSR count). The van der Waals surface area contributed by atoms with Gasteiger partial charge in [0.1, 0.15) is 0 Å². The van der Waals surface area contributed by atoms with E-state index >= 15 is 0 Å². The molecule has 2 aliphatic heterocycles. The molecule has 2 aliphatic rings. The molecule has 0 aromatic heterocycles. The Balaban J connectivity index is 1.36. The second kappa shape index (κ2) is 8.43. The van der Waals surface area contributed by atoms with Crippen LogP contribution in [0, 0.1) is 0 Å². The molecule has 2 heterocycles. The van der Waals surface area contributed by atoms with E-state index in [-0.39, 0.29) is 5.91 Å². The van der Waals surface area contributed by atoms with Crippen molar-refractivity contribution in [3.05, 3.63) is 35.9 Å². The number of morpholine rings is 1. The van der Waals surface area contributed by atoms with Gasteiger partial charge >= 0.3 is 0 Å². The standard InChI is InChI=1S/C18H27N3O2/c22-18(21-12-14-23-15-13-21)16-20-10-8-19(9-11-20)7-6-17-4-2-1-3-5-17/h1-5H,6-16H2. The average Bonchev–Trinajstić information content (AvgIpc) is 2.63. The van der Waals surface area contributed by atoms with Gasteiger partial charge in [0.2, 0.25) is 5.91 Å².